The first kappa shape index (κ1) is 8.33. The van der Waals surface area contributed by atoms with E-state index in [-0.39, 0.29) is 5.76 Å². The van der Waals surface area contributed by atoms with Crippen molar-refractivity contribution in [2.75, 3.05) is 0 Å². The van der Waals surface area contributed by atoms with Crippen LogP contribution < -0.4 is 5.73 Å². The van der Waals surface area contributed by atoms with Gasteiger partial charge in [-0.3, -0.25) is 4.79 Å². The predicted octanol–water partition coefficient (Wildman–Crippen LogP) is 1.31. The van der Waals surface area contributed by atoms with Gasteiger partial charge in [-0.05, 0) is 0 Å². The largest absolute Gasteiger partial charge is 0.506 e. The average molecular weight is 163 g/mol. The number of hydrogen-bond donors (Lipinski definition) is 2. The third-order valence-electron chi connectivity index (χ3n) is 1.52. The normalized spacial score (nSPS) is 11.2. The lowest BCUT2D eigenvalue weighted by molar-refractivity contribution is 0.112. The van der Waals surface area contributed by atoms with Gasteiger partial charge in [-0.25, -0.2) is 0 Å². The van der Waals surface area contributed by atoms with Gasteiger partial charge in [0, 0.05) is 17.3 Å². The van der Waals surface area contributed by atoms with Gasteiger partial charge in [0.2, 0.25) is 0 Å². The van der Waals surface area contributed by atoms with Crippen molar-refractivity contribution in [1.82, 2.24) is 0 Å². The van der Waals surface area contributed by atoms with Crippen LogP contribution in [0.2, 0.25) is 0 Å². The van der Waals surface area contributed by atoms with Crippen molar-refractivity contribution in [3.05, 3.63) is 41.6 Å². The molecule has 12 heavy (non-hydrogen) atoms. The number of aliphatic hydroxyl groups is 1. The Kier molecular flexibility index (Phi) is 2.48. The minimum atomic E-state index is -0.0855. The van der Waals surface area contributed by atoms with E-state index in [1.165, 1.54) is 0 Å². The Morgan fingerprint density at radius 1 is 1.42 bits per heavy atom. The van der Waals surface area contributed by atoms with Crippen molar-refractivity contribution in [2.45, 2.75) is 0 Å². The molecule has 1 aromatic carbocycles. The maximum atomic E-state index is 10.5. The molecule has 0 bridgehead atoms. The molecule has 0 atom stereocenters. The molecule has 0 saturated carbocycles. The standard InChI is InChI=1S/C9H9NO2/c10-5-9(12)8-4-2-1-3-7(8)6-11/h1-6,12H,10H2/b9-5-. The average Bonchev–Trinajstić information content (AvgIpc) is 2.16. The van der Waals surface area contributed by atoms with E-state index in [9.17, 15) is 9.90 Å². The zero-order chi connectivity index (χ0) is 8.97. The van der Waals surface area contributed by atoms with Gasteiger partial charge in [0.15, 0.2) is 6.29 Å². The van der Waals surface area contributed by atoms with Gasteiger partial charge in [0.05, 0.1) is 0 Å². The smallest absolute Gasteiger partial charge is 0.150 e. The molecule has 0 aliphatic rings. The molecule has 3 N–H and O–H groups in total. The van der Waals surface area contributed by atoms with Crippen LogP contribution in [0.15, 0.2) is 30.5 Å². The second kappa shape index (κ2) is 3.57. The van der Waals surface area contributed by atoms with E-state index in [2.05, 4.69) is 0 Å². The molecule has 0 amide bonds. The van der Waals surface area contributed by atoms with Gasteiger partial charge in [-0.15, -0.1) is 0 Å². The molecule has 0 radical (unpaired) electrons. The summed E-state index contributed by atoms with van der Waals surface area (Å²) in [5.41, 5.74) is 5.98. The Labute approximate surface area is 70.1 Å². The summed E-state index contributed by atoms with van der Waals surface area (Å²) in [6, 6.07) is 6.68. The molecular weight excluding hydrogens is 154 g/mol. The molecule has 1 aromatic rings. The van der Waals surface area contributed by atoms with E-state index in [1.807, 2.05) is 0 Å². The highest BCUT2D eigenvalue weighted by Crippen LogP contribution is 2.13. The Morgan fingerprint density at radius 3 is 2.67 bits per heavy atom. The third kappa shape index (κ3) is 1.45. The molecule has 3 heteroatoms. The number of carbonyl (C=O) groups excluding carboxylic acids is 1. The lowest BCUT2D eigenvalue weighted by Gasteiger charge is -2.01. The van der Waals surface area contributed by atoms with Crippen molar-refractivity contribution in [3.63, 3.8) is 0 Å². The lowest BCUT2D eigenvalue weighted by Crippen LogP contribution is -1.93. The Balaban J connectivity index is 3.22. The van der Waals surface area contributed by atoms with Crippen LogP contribution in [0.1, 0.15) is 15.9 Å². The Bertz CT molecular complexity index is 318. The zero-order valence-corrected chi connectivity index (χ0v) is 6.40. The van der Waals surface area contributed by atoms with Gasteiger partial charge >= 0.3 is 0 Å². The molecule has 3 nitrogen and oxygen atoms in total. The highest BCUT2D eigenvalue weighted by molar-refractivity contribution is 5.83. The van der Waals surface area contributed by atoms with Gasteiger partial charge in [0.1, 0.15) is 5.76 Å². The summed E-state index contributed by atoms with van der Waals surface area (Å²) in [6.07, 6.45) is 1.73. The predicted molar refractivity (Wildman–Crippen MR) is 46.6 cm³/mol. The molecule has 62 valence electrons. The number of hydrogen-bond acceptors (Lipinski definition) is 3. The number of benzene rings is 1. The first-order valence-corrected chi connectivity index (χ1v) is 3.45. The lowest BCUT2D eigenvalue weighted by atomic mass is 10.1. The number of nitrogens with two attached hydrogens (primary N) is 1. The quantitative estimate of drug-likeness (QED) is 0.510. The van der Waals surface area contributed by atoms with Crippen molar-refractivity contribution >= 4 is 12.0 Å². The van der Waals surface area contributed by atoms with Crippen LogP contribution in [-0.4, -0.2) is 11.4 Å². The van der Waals surface area contributed by atoms with Crippen LogP contribution in [0.25, 0.3) is 5.76 Å². The summed E-state index contributed by atoms with van der Waals surface area (Å²) in [5.74, 6) is -0.0855. The number of carbonyl (C=O) groups is 1. The van der Waals surface area contributed by atoms with E-state index in [1.54, 1.807) is 24.3 Å². The molecule has 0 saturated heterocycles. The fourth-order valence-corrected chi connectivity index (χ4v) is 0.923. The second-order valence-electron chi connectivity index (χ2n) is 2.26. The maximum Gasteiger partial charge on any atom is 0.150 e. The Morgan fingerprint density at radius 2 is 2.08 bits per heavy atom. The molecule has 0 spiro atoms. The van der Waals surface area contributed by atoms with E-state index in [0.29, 0.717) is 17.4 Å². The zero-order valence-electron chi connectivity index (χ0n) is 6.40. The maximum absolute atomic E-state index is 10.5. The van der Waals surface area contributed by atoms with Crippen molar-refractivity contribution in [2.24, 2.45) is 5.73 Å². The van der Waals surface area contributed by atoms with E-state index in [4.69, 9.17) is 5.73 Å². The summed E-state index contributed by atoms with van der Waals surface area (Å²) in [5, 5.41) is 9.22. The molecule has 0 unspecified atom stereocenters. The third-order valence-corrected chi connectivity index (χ3v) is 1.52. The van der Waals surface area contributed by atoms with Crippen LogP contribution in [-0.2, 0) is 0 Å². The van der Waals surface area contributed by atoms with Crippen molar-refractivity contribution in [3.8, 4) is 0 Å². The van der Waals surface area contributed by atoms with Gasteiger partial charge in [0.25, 0.3) is 0 Å². The molecule has 0 fully saturated rings. The fourth-order valence-electron chi connectivity index (χ4n) is 0.923. The highest BCUT2D eigenvalue weighted by atomic mass is 16.3. The molecule has 0 heterocycles. The number of rotatable bonds is 2. The fraction of sp³-hybridized carbons (Fsp3) is 0. The number of aldehydes is 1. The van der Waals surface area contributed by atoms with Crippen LogP contribution in [0, 0.1) is 0 Å². The van der Waals surface area contributed by atoms with Crippen LogP contribution in [0.5, 0.6) is 0 Å². The summed E-state index contributed by atoms with van der Waals surface area (Å²) < 4.78 is 0. The summed E-state index contributed by atoms with van der Waals surface area (Å²) in [4.78, 5) is 10.5. The van der Waals surface area contributed by atoms with E-state index >= 15 is 0 Å². The van der Waals surface area contributed by atoms with Crippen molar-refractivity contribution < 1.29 is 9.90 Å². The van der Waals surface area contributed by atoms with Crippen LogP contribution in [0.3, 0.4) is 0 Å². The van der Waals surface area contributed by atoms with Gasteiger partial charge in [-0.1, -0.05) is 24.3 Å². The second-order valence-corrected chi connectivity index (χ2v) is 2.26. The summed E-state index contributed by atoms with van der Waals surface area (Å²) >= 11 is 0. The molecule has 0 aliphatic carbocycles. The minimum absolute atomic E-state index is 0.0855. The first-order chi connectivity index (χ1) is 5.79. The minimum Gasteiger partial charge on any atom is -0.506 e. The van der Waals surface area contributed by atoms with Gasteiger partial charge < -0.3 is 10.8 Å². The van der Waals surface area contributed by atoms with Gasteiger partial charge in [-0.2, -0.15) is 0 Å². The monoisotopic (exact) mass is 163 g/mol. The Hall–Kier alpha value is -1.77. The van der Waals surface area contributed by atoms with E-state index < -0.39 is 0 Å². The van der Waals surface area contributed by atoms with E-state index in [0.717, 1.165) is 6.20 Å². The summed E-state index contributed by atoms with van der Waals surface area (Å²) in [7, 11) is 0. The number of aliphatic hydroxyl groups excluding tert-OH is 1. The van der Waals surface area contributed by atoms with Crippen molar-refractivity contribution in [1.29, 1.82) is 0 Å². The molecule has 0 aliphatic heterocycles. The first-order valence-electron chi connectivity index (χ1n) is 3.45. The van der Waals surface area contributed by atoms with Crippen LogP contribution in [0.4, 0.5) is 0 Å². The van der Waals surface area contributed by atoms with Crippen LogP contribution >= 0.6 is 0 Å². The molecule has 0 aromatic heterocycles. The molecular formula is C9H9NO2. The highest BCUT2D eigenvalue weighted by Gasteiger charge is 2.02. The summed E-state index contributed by atoms with van der Waals surface area (Å²) in [6.45, 7) is 0. The topological polar surface area (TPSA) is 63.3 Å². The molecule has 1 rings (SSSR count). The SMILES string of the molecule is N/C=C(\O)c1ccccc1C=O.